The van der Waals surface area contributed by atoms with Crippen LogP contribution in [0.3, 0.4) is 0 Å². The number of amides is 1. The molecule has 0 fully saturated rings. The largest absolute Gasteiger partial charge is 0.483 e. The minimum absolute atomic E-state index is 0.0589. The highest BCUT2D eigenvalue weighted by Crippen LogP contribution is 2.10. The van der Waals surface area contributed by atoms with Gasteiger partial charge in [-0.2, -0.15) is 0 Å². The Kier molecular flexibility index (Phi) is 5.66. The van der Waals surface area contributed by atoms with Crippen molar-refractivity contribution in [3.63, 3.8) is 0 Å². The Labute approximate surface area is 157 Å². The molecule has 1 aromatic carbocycles. The molecule has 138 valence electrons. The standard InChI is InChI=1S/C21H21N3O3/c1-15-8-9-20(22-11-15)23-21(26)13-24-12-19(18(25)10-16(24)2)27-14-17-6-4-3-5-7-17/h3-12H,13-14H2,1-2H3,(H,22,23,26). The van der Waals surface area contributed by atoms with Crippen molar-refractivity contribution in [1.82, 2.24) is 9.55 Å². The first-order chi connectivity index (χ1) is 13.0. The van der Waals surface area contributed by atoms with E-state index >= 15 is 0 Å². The molecule has 0 unspecified atom stereocenters. The fraction of sp³-hybridized carbons (Fsp3) is 0.190. The molecule has 0 aliphatic rings. The highest BCUT2D eigenvalue weighted by molar-refractivity contribution is 5.89. The Morgan fingerprint density at radius 2 is 1.93 bits per heavy atom. The zero-order chi connectivity index (χ0) is 19.2. The summed E-state index contributed by atoms with van der Waals surface area (Å²) in [6, 6.07) is 14.7. The van der Waals surface area contributed by atoms with E-state index in [9.17, 15) is 9.59 Å². The zero-order valence-corrected chi connectivity index (χ0v) is 15.3. The molecule has 0 aliphatic heterocycles. The van der Waals surface area contributed by atoms with Crippen LogP contribution in [0.2, 0.25) is 0 Å². The Morgan fingerprint density at radius 3 is 2.63 bits per heavy atom. The summed E-state index contributed by atoms with van der Waals surface area (Å²) in [4.78, 5) is 28.6. The lowest BCUT2D eigenvalue weighted by molar-refractivity contribution is -0.116. The lowest BCUT2D eigenvalue weighted by Gasteiger charge is -2.13. The van der Waals surface area contributed by atoms with Crippen LogP contribution >= 0.6 is 0 Å². The second-order valence-corrected chi connectivity index (χ2v) is 6.31. The van der Waals surface area contributed by atoms with E-state index < -0.39 is 0 Å². The minimum Gasteiger partial charge on any atom is -0.483 e. The number of hydrogen-bond donors (Lipinski definition) is 1. The lowest BCUT2D eigenvalue weighted by atomic mass is 10.2. The van der Waals surface area contributed by atoms with E-state index in [1.165, 1.54) is 6.07 Å². The minimum atomic E-state index is -0.230. The smallest absolute Gasteiger partial charge is 0.245 e. The molecule has 2 heterocycles. The average molecular weight is 363 g/mol. The third-order valence-electron chi connectivity index (χ3n) is 4.04. The molecule has 0 saturated heterocycles. The predicted octanol–water partition coefficient (Wildman–Crippen LogP) is 3.08. The third kappa shape index (κ3) is 5.04. The quantitative estimate of drug-likeness (QED) is 0.730. The SMILES string of the molecule is Cc1ccc(NC(=O)Cn2cc(OCc3ccccc3)c(=O)cc2C)nc1. The molecule has 0 radical (unpaired) electrons. The Bertz CT molecular complexity index is 980. The van der Waals surface area contributed by atoms with Gasteiger partial charge in [-0.05, 0) is 31.0 Å². The van der Waals surface area contributed by atoms with Crippen LogP contribution in [-0.4, -0.2) is 15.5 Å². The number of aromatic nitrogens is 2. The summed E-state index contributed by atoms with van der Waals surface area (Å²) >= 11 is 0. The van der Waals surface area contributed by atoms with E-state index in [2.05, 4.69) is 10.3 Å². The van der Waals surface area contributed by atoms with E-state index in [4.69, 9.17) is 4.74 Å². The van der Waals surface area contributed by atoms with Gasteiger partial charge in [0.25, 0.3) is 0 Å². The van der Waals surface area contributed by atoms with E-state index in [1.807, 2.05) is 43.3 Å². The summed E-state index contributed by atoms with van der Waals surface area (Å²) in [6.07, 6.45) is 3.26. The molecule has 0 spiro atoms. The van der Waals surface area contributed by atoms with Crippen molar-refractivity contribution in [2.24, 2.45) is 0 Å². The molecule has 6 heteroatoms. The van der Waals surface area contributed by atoms with E-state index in [0.717, 1.165) is 11.1 Å². The van der Waals surface area contributed by atoms with Crippen LogP contribution in [0, 0.1) is 13.8 Å². The molecule has 3 rings (SSSR count). The number of aryl methyl sites for hydroxylation is 2. The van der Waals surface area contributed by atoms with E-state index in [1.54, 1.807) is 30.0 Å². The molecule has 0 atom stereocenters. The van der Waals surface area contributed by atoms with Crippen LogP contribution in [0.5, 0.6) is 5.75 Å². The molecule has 3 aromatic rings. The zero-order valence-electron chi connectivity index (χ0n) is 15.3. The van der Waals surface area contributed by atoms with Crippen LogP contribution in [0.1, 0.15) is 16.8 Å². The number of hydrogen-bond acceptors (Lipinski definition) is 4. The first kappa shape index (κ1) is 18.4. The van der Waals surface area contributed by atoms with Crippen LogP contribution in [0.25, 0.3) is 0 Å². The fourth-order valence-electron chi connectivity index (χ4n) is 2.54. The van der Waals surface area contributed by atoms with Crippen molar-refractivity contribution in [3.05, 3.63) is 88.0 Å². The summed E-state index contributed by atoms with van der Waals surface area (Å²) in [7, 11) is 0. The molecular weight excluding hydrogens is 342 g/mol. The normalized spacial score (nSPS) is 10.4. The Balaban J connectivity index is 1.70. The maximum Gasteiger partial charge on any atom is 0.245 e. The number of nitrogens with zero attached hydrogens (tertiary/aromatic N) is 2. The molecule has 1 N–H and O–H groups in total. The number of carbonyl (C=O) groups is 1. The summed E-state index contributed by atoms with van der Waals surface area (Å²) in [5.41, 5.74) is 2.45. The number of rotatable bonds is 6. The fourth-order valence-corrected chi connectivity index (χ4v) is 2.54. The van der Waals surface area contributed by atoms with Crippen molar-refractivity contribution >= 4 is 11.7 Å². The summed E-state index contributed by atoms with van der Waals surface area (Å²) in [6.45, 7) is 4.06. The Morgan fingerprint density at radius 1 is 1.15 bits per heavy atom. The van der Waals surface area contributed by atoms with Gasteiger partial charge >= 0.3 is 0 Å². The average Bonchev–Trinajstić information content (AvgIpc) is 2.66. The van der Waals surface area contributed by atoms with Gasteiger partial charge in [0.05, 0.1) is 6.20 Å². The van der Waals surface area contributed by atoms with Crippen LogP contribution in [-0.2, 0) is 17.9 Å². The van der Waals surface area contributed by atoms with Crippen LogP contribution in [0.4, 0.5) is 5.82 Å². The molecular formula is C21H21N3O3. The van der Waals surface area contributed by atoms with E-state index in [-0.39, 0.29) is 23.6 Å². The molecule has 27 heavy (non-hydrogen) atoms. The topological polar surface area (TPSA) is 73.2 Å². The second kappa shape index (κ2) is 8.31. The van der Waals surface area contributed by atoms with Gasteiger partial charge in [0.15, 0.2) is 5.75 Å². The van der Waals surface area contributed by atoms with Gasteiger partial charge in [-0.1, -0.05) is 36.4 Å². The van der Waals surface area contributed by atoms with Crippen molar-refractivity contribution in [2.75, 3.05) is 5.32 Å². The number of benzene rings is 1. The Hall–Kier alpha value is -3.41. The van der Waals surface area contributed by atoms with Crippen molar-refractivity contribution < 1.29 is 9.53 Å². The van der Waals surface area contributed by atoms with Gasteiger partial charge in [0, 0.05) is 18.0 Å². The van der Waals surface area contributed by atoms with Gasteiger partial charge in [0.1, 0.15) is 19.0 Å². The third-order valence-corrected chi connectivity index (χ3v) is 4.04. The van der Waals surface area contributed by atoms with Crippen LogP contribution < -0.4 is 15.5 Å². The number of ether oxygens (including phenoxy) is 1. The van der Waals surface area contributed by atoms with Gasteiger partial charge in [-0.15, -0.1) is 0 Å². The molecule has 2 aromatic heterocycles. The van der Waals surface area contributed by atoms with Gasteiger partial charge in [0.2, 0.25) is 11.3 Å². The molecule has 0 saturated carbocycles. The summed E-state index contributed by atoms with van der Waals surface area (Å²) in [5.74, 6) is 0.475. The lowest BCUT2D eigenvalue weighted by Crippen LogP contribution is -2.22. The number of anilines is 1. The molecule has 0 bridgehead atoms. The first-order valence-electron chi connectivity index (χ1n) is 8.61. The van der Waals surface area contributed by atoms with Crippen molar-refractivity contribution in [2.45, 2.75) is 27.0 Å². The van der Waals surface area contributed by atoms with Crippen molar-refractivity contribution in [1.29, 1.82) is 0 Å². The number of carbonyl (C=O) groups excluding carboxylic acids is 1. The van der Waals surface area contributed by atoms with Crippen LogP contribution in [0.15, 0.2) is 65.7 Å². The second-order valence-electron chi connectivity index (χ2n) is 6.31. The molecule has 6 nitrogen and oxygen atoms in total. The highest BCUT2D eigenvalue weighted by Gasteiger charge is 2.10. The highest BCUT2D eigenvalue weighted by atomic mass is 16.5. The van der Waals surface area contributed by atoms with Crippen molar-refractivity contribution in [3.8, 4) is 5.75 Å². The maximum absolute atomic E-state index is 12.3. The number of pyridine rings is 2. The monoisotopic (exact) mass is 363 g/mol. The van der Waals surface area contributed by atoms with E-state index in [0.29, 0.717) is 18.1 Å². The predicted molar refractivity (Wildman–Crippen MR) is 104 cm³/mol. The summed E-state index contributed by atoms with van der Waals surface area (Å²) in [5, 5.41) is 2.75. The van der Waals surface area contributed by atoms with Gasteiger partial charge in [-0.25, -0.2) is 4.98 Å². The first-order valence-corrected chi connectivity index (χ1v) is 8.61. The van der Waals surface area contributed by atoms with Gasteiger partial charge in [-0.3, -0.25) is 9.59 Å². The maximum atomic E-state index is 12.3. The molecule has 1 amide bonds. The number of nitrogens with one attached hydrogen (secondary N) is 1. The molecule has 0 aliphatic carbocycles. The van der Waals surface area contributed by atoms with Gasteiger partial charge < -0.3 is 14.6 Å². The summed E-state index contributed by atoms with van der Waals surface area (Å²) < 4.78 is 7.34.